The highest BCUT2D eigenvalue weighted by Gasteiger charge is 2.22. The van der Waals surface area contributed by atoms with Gasteiger partial charge < -0.3 is 4.42 Å². The Kier molecular flexibility index (Phi) is 4.39. The third kappa shape index (κ3) is 3.37. The second-order valence-electron chi connectivity index (χ2n) is 10.6. The van der Waals surface area contributed by atoms with Gasteiger partial charge in [-0.2, -0.15) is 0 Å². The highest BCUT2D eigenvalue weighted by molar-refractivity contribution is 6.88. The molecule has 5 rings (SSSR count). The van der Waals surface area contributed by atoms with Gasteiger partial charge in [-0.05, 0) is 46.0 Å². The van der Waals surface area contributed by atoms with Crippen molar-refractivity contribution in [2.24, 2.45) is 0 Å². The Morgan fingerprint density at radius 1 is 0.806 bits per heavy atom. The molecule has 3 aromatic carbocycles. The van der Waals surface area contributed by atoms with E-state index in [2.05, 4.69) is 101 Å². The molecular formula is C28H29NOSi. The zero-order valence-corrected chi connectivity index (χ0v) is 20.2. The molecule has 0 spiro atoms. The molecule has 0 bridgehead atoms. The predicted octanol–water partition coefficient (Wildman–Crippen LogP) is 7.64. The molecule has 0 saturated heterocycles. The van der Waals surface area contributed by atoms with E-state index < -0.39 is 8.07 Å². The maximum atomic E-state index is 6.40. The fourth-order valence-corrected chi connectivity index (χ4v) is 5.60. The van der Waals surface area contributed by atoms with Crippen molar-refractivity contribution in [2.75, 3.05) is 0 Å². The summed E-state index contributed by atoms with van der Waals surface area (Å²) in [5, 5.41) is 6.32. The van der Waals surface area contributed by atoms with Gasteiger partial charge in [0, 0.05) is 22.5 Å². The van der Waals surface area contributed by atoms with Gasteiger partial charge in [-0.25, -0.2) is 0 Å². The van der Waals surface area contributed by atoms with E-state index in [4.69, 9.17) is 9.40 Å². The van der Waals surface area contributed by atoms with E-state index in [9.17, 15) is 0 Å². The van der Waals surface area contributed by atoms with Crippen LogP contribution in [0.4, 0.5) is 0 Å². The van der Waals surface area contributed by atoms with Crippen molar-refractivity contribution < 1.29 is 4.42 Å². The first-order valence-electron chi connectivity index (χ1n) is 11.0. The first-order valence-corrected chi connectivity index (χ1v) is 14.5. The molecular weight excluding hydrogens is 394 g/mol. The first kappa shape index (κ1) is 20.0. The van der Waals surface area contributed by atoms with Crippen molar-refractivity contribution in [1.82, 2.24) is 4.98 Å². The minimum absolute atomic E-state index is 0.0314. The number of hydrogen-bond donors (Lipinski definition) is 0. The molecule has 2 aromatic heterocycles. The van der Waals surface area contributed by atoms with Gasteiger partial charge in [0.05, 0.1) is 8.07 Å². The highest BCUT2D eigenvalue weighted by Crippen LogP contribution is 2.38. The largest absolute Gasteiger partial charge is 0.454 e. The summed E-state index contributed by atoms with van der Waals surface area (Å²) in [6.07, 6.45) is 1.92. The number of nitrogens with zero attached hydrogens (tertiary/aromatic N) is 1. The fraction of sp³-hybridized carbons (Fsp3) is 0.250. The van der Waals surface area contributed by atoms with Gasteiger partial charge in [-0.15, -0.1) is 0 Å². The van der Waals surface area contributed by atoms with Crippen molar-refractivity contribution in [3.8, 4) is 11.3 Å². The van der Waals surface area contributed by atoms with Gasteiger partial charge in [0.15, 0.2) is 5.58 Å². The van der Waals surface area contributed by atoms with Crippen LogP contribution in [0.5, 0.6) is 0 Å². The standard InChI is InChI=1S/C28H29NOSi/c1-28(2,3)24-16-19(15-18-9-7-8-10-21(18)24)26-27-22(13-14-29-26)23-17-20(31(4,5)6)11-12-25(23)30-27/h7-17H,1-6H3. The number of pyridine rings is 1. The molecule has 0 aliphatic heterocycles. The van der Waals surface area contributed by atoms with Crippen LogP contribution in [0.1, 0.15) is 26.3 Å². The third-order valence-electron chi connectivity index (χ3n) is 6.20. The molecule has 0 fully saturated rings. The Morgan fingerprint density at radius 3 is 2.32 bits per heavy atom. The molecule has 0 unspecified atom stereocenters. The van der Waals surface area contributed by atoms with E-state index in [1.54, 1.807) is 0 Å². The summed E-state index contributed by atoms with van der Waals surface area (Å²) >= 11 is 0. The lowest BCUT2D eigenvalue weighted by molar-refractivity contribution is 0.596. The van der Waals surface area contributed by atoms with Crippen molar-refractivity contribution in [3.05, 3.63) is 72.4 Å². The number of hydrogen-bond acceptors (Lipinski definition) is 2. The number of benzene rings is 3. The summed E-state index contributed by atoms with van der Waals surface area (Å²) in [6.45, 7) is 14.0. The van der Waals surface area contributed by atoms with Crippen LogP contribution in [0.3, 0.4) is 0 Å². The fourth-order valence-electron chi connectivity index (χ4n) is 4.44. The minimum atomic E-state index is -1.41. The van der Waals surface area contributed by atoms with Crippen LogP contribution in [0, 0.1) is 0 Å². The second-order valence-corrected chi connectivity index (χ2v) is 15.7. The van der Waals surface area contributed by atoms with Crippen LogP contribution >= 0.6 is 0 Å². The average Bonchev–Trinajstić information content (AvgIpc) is 3.09. The maximum Gasteiger partial charge on any atom is 0.161 e. The molecule has 156 valence electrons. The van der Waals surface area contributed by atoms with Gasteiger partial charge in [0.1, 0.15) is 11.3 Å². The van der Waals surface area contributed by atoms with Gasteiger partial charge >= 0.3 is 0 Å². The van der Waals surface area contributed by atoms with Crippen LogP contribution < -0.4 is 5.19 Å². The molecule has 3 heteroatoms. The summed E-state index contributed by atoms with van der Waals surface area (Å²) in [4.78, 5) is 4.79. The van der Waals surface area contributed by atoms with E-state index in [-0.39, 0.29) is 5.41 Å². The molecule has 0 N–H and O–H groups in total. The van der Waals surface area contributed by atoms with E-state index in [0.29, 0.717) is 0 Å². The molecule has 0 atom stereocenters. The van der Waals surface area contributed by atoms with Gasteiger partial charge in [-0.1, -0.05) is 82.0 Å². The van der Waals surface area contributed by atoms with E-state index >= 15 is 0 Å². The summed E-state index contributed by atoms with van der Waals surface area (Å²) in [5.41, 5.74) is 5.20. The van der Waals surface area contributed by atoms with Gasteiger partial charge in [0.25, 0.3) is 0 Å². The summed E-state index contributed by atoms with van der Waals surface area (Å²) < 4.78 is 6.40. The quantitative estimate of drug-likeness (QED) is 0.273. The zero-order chi connectivity index (χ0) is 22.0. The van der Waals surface area contributed by atoms with E-state index in [1.807, 2.05) is 6.20 Å². The number of fused-ring (bicyclic) bond motifs is 4. The lowest BCUT2D eigenvalue weighted by Crippen LogP contribution is -2.37. The first-order chi connectivity index (χ1) is 14.6. The Balaban J connectivity index is 1.81. The van der Waals surface area contributed by atoms with E-state index in [0.717, 1.165) is 27.8 Å². The topological polar surface area (TPSA) is 26.0 Å². The predicted molar refractivity (Wildman–Crippen MR) is 136 cm³/mol. The molecule has 0 saturated carbocycles. The number of furan rings is 1. The van der Waals surface area contributed by atoms with Gasteiger partial charge in [-0.3, -0.25) is 4.98 Å². The minimum Gasteiger partial charge on any atom is -0.454 e. The van der Waals surface area contributed by atoms with Crippen molar-refractivity contribution >= 4 is 46.0 Å². The smallest absolute Gasteiger partial charge is 0.161 e. The normalized spacial score (nSPS) is 12.8. The Hall–Kier alpha value is -2.91. The van der Waals surface area contributed by atoms with Crippen molar-refractivity contribution in [2.45, 2.75) is 45.8 Å². The molecule has 2 heterocycles. The molecule has 0 aliphatic carbocycles. The Labute approximate surface area is 184 Å². The number of rotatable bonds is 2. The zero-order valence-electron chi connectivity index (χ0n) is 19.2. The van der Waals surface area contributed by atoms with Gasteiger partial charge in [0.2, 0.25) is 0 Å². The summed E-state index contributed by atoms with van der Waals surface area (Å²) in [6, 6.07) is 21.9. The second kappa shape index (κ2) is 6.79. The average molecular weight is 424 g/mol. The van der Waals surface area contributed by atoms with E-state index in [1.165, 1.54) is 26.9 Å². The Morgan fingerprint density at radius 2 is 1.58 bits per heavy atom. The lowest BCUT2D eigenvalue weighted by atomic mass is 9.82. The molecule has 0 radical (unpaired) electrons. The van der Waals surface area contributed by atoms with Crippen molar-refractivity contribution in [3.63, 3.8) is 0 Å². The molecule has 0 amide bonds. The molecule has 31 heavy (non-hydrogen) atoms. The van der Waals surface area contributed by atoms with Crippen LogP contribution in [-0.2, 0) is 5.41 Å². The molecule has 5 aromatic rings. The summed E-state index contributed by atoms with van der Waals surface area (Å²) in [7, 11) is -1.41. The molecule has 2 nitrogen and oxygen atoms in total. The van der Waals surface area contributed by atoms with Crippen LogP contribution in [0.25, 0.3) is 44.0 Å². The summed E-state index contributed by atoms with van der Waals surface area (Å²) in [5.74, 6) is 0. The molecule has 0 aliphatic rings. The number of aromatic nitrogens is 1. The van der Waals surface area contributed by atoms with Crippen LogP contribution in [0.2, 0.25) is 19.6 Å². The third-order valence-corrected chi connectivity index (χ3v) is 8.24. The Bertz CT molecular complexity index is 1450. The van der Waals surface area contributed by atoms with Crippen LogP contribution in [0.15, 0.2) is 71.3 Å². The highest BCUT2D eigenvalue weighted by atomic mass is 28.3. The van der Waals surface area contributed by atoms with Crippen LogP contribution in [-0.4, -0.2) is 13.1 Å². The van der Waals surface area contributed by atoms with Crippen molar-refractivity contribution in [1.29, 1.82) is 0 Å². The SMILES string of the molecule is CC(C)(C)c1cc(-c2nccc3c2oc2ccc([Si](C)(C)C)cc23)cc2ccccc12. The maximum absolute atomic E-state index is 6.40. The lowest BCUT2D eigenvalue weighted by Gasteiger charge is -2.22. The monoisotopic (exact) mass is 423 g/mol.